The van der Waals surface area contributed by atoms with E-state index in [2.05, 4.69) is 42.3 Å². The topological polar surface area (TPSA) is 61.1 Å². The molecule has 2 aromatic rings. The van der Waals surface area contributed by atoms with Crippen LogP contribution >= 0.6 is 0 Å². The fourth-order valence-electron chi connectivity index (χ4n) is 4.39. The summed E-state index contributed by atoms with van der Waals surface area (Å²) in [7, 11) is 0. The third-order valence-electron chi connectivity index (χ3n) is 5.69. The Balaban J connectivity index is 1.81. The number of nitrogens with zero attached hydrogens (tertiary/aromatic N) is 3. The molecule has 3 rings (SSSR count). The van der Waals surface area contributed by atoms with E-state index in [1.807, 2.05) is 36.6 Å². The maximum Gasteiger partial charge on any atom is 0.239 e. The largest absolute Gasteiger partial charge is 0.326 e. The lowest BCUT2D eigenvalue weighted by Crippen LogP contribution is -2.43. The average Bonchev–Trinajstić information content (AvgIpc) is 2.85. The van der Waals surface area contributed by atoms with E-state index < -0.39 is 0 Å². The molecule has 1 aliphatic heterocycles. The fourth-order valence-corrected chi connectivity index (χ4v) is 4.39. The molecule has 0 aliphatic carbocycles. The number of amides is 1. The normalized spacial score (nSPS) is 20.0. The van der Waals surface area contributed by atoms with Crippen LogP contribution in [0.3, 0.4) is 0 Å². The third kappa shape index (κ3) is 4.45. The molecule has 0 radical (unpaired) electrons. The molecule has 2 heterocycles. The van der Waals surface area contributed by atoms with Crippen molar-refractivity contribution in [1.82, 2.24) is 9.47 Å². The summed E-state index contributed by atoms with van der Waals surface area (Å²) in [6, 6.07) is 12.4. The van der Waals surface area contributed by atoms with Crippen LogP contribution in [0.4, 0.5) is 5.82 Å². The summed E-state index contributed by atoms with van der Waals surface area (Å²) in [5, 5.41) is 12.7. The maximum atomic E-state index is 12.8. The zero-order chi connectivity index (χ0) is 20.3. The second-order valence-electron chi connectivity index (χ2n) is 8.31. The van der Waals surface area contributed by atoms with E-state index in [1.54, 1.807) is 0 Å². The second-order valence-corrected chi connectivity index (χ2v) is 8.31. The summed E-state index contributed by atoms with van der Waals surface area (Å²) in [6.45, 7) is 11.3. The minimum Gasteiger partial charge on any atom is -0.326 e. The van der Waals surface area contributed by atoms with Crippen LogP contribution in [0, 0.1) is 37.0 Å². The van der Waals surface area contributed by atoms with Crippen LogP contribution in [0.2, 0.25) is 0 Å². The number of rotatable bonds is 5. The molecule has 5 heteroatoms. The number of nitriles is 1. The molecule has 1 aliphatic rings. The van der Waals surface area contributed by atoms with Crippen molar-refractivity contribution in [2.75, 3.05) is 25.0 Å². The molecular weight excluding hydrogens is 348 g/mol. The Kier molecular flexibility index (Phi) is 6.21. The van der Waals surface area contributed by atoms with Gasteiger partial charge in [0.15, 0.2) is 0 Å². The minimum absolute atomic E-state index is 0.0513. The molecule has 1 N–H and O–H groups in total. The molecule has 1 aromatic heterocycles. The summed E-state index contributed by atoms with van der Waals surface area (Å²) in [5.41, 5.74) is 3.63. The fraction of sp³-hybridized carbons (Fsp3) is 0.478. The Morgan fingerprint density at radius 1 is 1.18 bits per heavy atom. The summed E-state index contributed by atoms with van der Waals surface area (Å²) in [5.74, 6) is 1.78. The number of nitrogens with one attached hydrogen (secondary N) is 1. The predicted octanol–water partition coefficient (Wildman–Crippen LogP) is 3.94. The van der Waals surface area contributed by atoms with E-state index in [4.69, 9.17) is 0 Å². The van der Waals surface area contributed by atoms with E-state index >= 15 is 0 Å². The van der Waals surface area contributed by atoms with Crippen molar-refractivity contribution in [1.29, 1.82) is 5.26 Å². The van der Waals surface area contributed by atoms with Crippen molar-refractivity contribution in [3.63, 3.8) is 0 Å². The van der Waals surface area contributed by atoms with E-state index in [0.29, 0.717) is 36.3 Å². The predicted molar refractivity (Wildman–Crippen MR) is 112 cm³/mol. The van der Waals surface area contributed by atoms with Gasteiger partial charge in [0.25, 0.3) is 0 Å². The van der Waals surface area contributed by atoms with Crippen molar-refractivity contribution in [3.05, 3.63) is 52.7 Å². The van der Waals surface area contributed by atoms with Gasteiger partial charge in [0.1, 0.15) is 11.9 Å². The highest BCUT2D eigenvalue weighted by Crippen LogP contribution is 2.27. The molecule has 0 unspecified atom stereocenters. The van der Waals surface area contributed by atoms with Gasteiger partial charge in [-0.3, -0.25) is 9.69 Å². The number of anilines is 1. The van der Waals surface area contributed by atoms with Gasteiger partial charge in [-0.05, 0) is 43.2 Å². The van der Waals surface area contributed by atoms with Gasteiger partial charge in [-0.15, -0.1) is 0 Å². The van der Waals surface area contributed by atoms with Crippen LogP contribution in [0.25, 0.3) is 0 Å². The van der Waals surface area contributed by atoms with E-state index in [1.165, 1.54) is 6.42 Å². The molecule has 0 spiro atoms. The van der Waals surface area contributed by atoms with Gasteiger partial charge >= 0.3 is 0 Å². The van der Waals surface area contributed by atoms with Gasteiger partial charge in [-0.1, -0.05) is 44.2 Å². The van der Waals surface area contributed by atoms with Gasteiger partial charge < -0.3 is 9.88 Å². The van der Waals surface area contributed by atoms with Gasteiger partial charge in [-0.25, -0.2) is 0 Å². The van der Waals surface area contributed by atoms with Gasteiger partial charge in [0.2, 0.25) is 5.91 Å². The molecule has 0 saturated carbocycles. The van der Waals surface area contributed by atoms with Gasteiger partial charge in [0, 0.05) is 25.3 Å². The monoisotopic (exact) mass is 378 g/mol. The lowest BCUT2D eigenvalue weighted by molar-refractivity contribution is -0.117. The number of carbonyl (C=O) groups excluding carboxylic acids is 1. The number of carbonyl (C=O) groups is 1. The second kappa shape index (κ2) is 8.62. The number of benzene rings is 1. The molecule has 1 fully saturated rings. The number of hydrogen-bond donors (Lipinski definition) is 1. The lowest BCUT2D eigenvalue weighted by atomic mass is 9.92. The van der Waals surface area contributed by atoms with Crippen LogP contribution in [0.15, 0.2) is 30.3 Å². The summed E-state index contributed by atoms with van der Waals surface area (Å²) < 4.78 is 2.04. The van der Waals surface area contributed by atoms with Gasteiger partial charge in [0.05, 0.1) is 12.1 Å². The first-order valence-corrected chi connectivity index (χ1v) is 10.0. The molecule has 1 saturated heterocycles. The van der Waals surface area contributed by atoms with E-state index in [0.717, 1.165) is 29.9 Å². The zero-order valence-electron chi connectivity index (χ0n) is 17.3. The third-order valence-corrected chi connectivity index (χ3v) is 5.69. The molecule has 148 valence electrons. The smallest absolute Gasteiger partial charge is 0.239 e. The first kappa shape index (κ1) is 20.2. The Bertz CT molecular complexity index is 868. The van der Waals surface area contributed by atoms with Crippen molar-refractivity contribution < 1.29 is 4.79 Å². The molecule has 2 atom stereocenters. The minimum atomic E-state index is -0.0513. The van der Waals surface area contributed by atoms with Crippen molar-refractivity contribution in [2.24, 2.45) is 11.8 Å². The van der Waals surface area contributed by atoms with Crippen molar-refractivity contribution >= 4 is 11.7 Å². The standard InChI is InChI=1S/C23H30N4O/c1-16-10-17(2)13-26(12-16)15-22(28)25-23-21(11-24)18(3)19(4)27(23)14-20-8-6-5-7-9-20/h5-9,16-17H,10,12-15H2,1-4H3,(H,25,28)/t16-,17+. The van der Waals surface area contributed by atoms with Crippen LogP contribution < -0.4 is 5.32 Å². The molecule has 1 aromatic carbocycles. The SMILES string of the molecule is Cc1c(C#N)c(NC(=O)CN2C[C@H](C)C[C@H](C)C2)n(Cc2ccccc2)c1C. The Morgan fingerprint density at radius 2 is 1.82 bits per heavy atom. The quantitative estimate of drug-likeness (QED) is 0.857. The summed E-state index contributed by atoms with van der Waals surface area (Å²) >= 11 is 0. The number of hydrogen-bond acceptors (Lipinski definition) is 3. The molecule has 28 heavy (non-hydrogen) atoms. The maximum absolute atomic E-state index is 12.8. The zero-order valence-corrected chi connectivity index (χ0v) is 17.3. The highest BCUT2D eigenvalue weighted by molar-refractivity contribution is 5.93. The number of likely N-dealkylation sites (tertiary alicyclic amines) is 1. The average molecular weight is 379 g/mol. The van der Waals surface area contributed by atoms with Crippen LogP contribution in [0.1, 0.15) is 42.7 Å². The summed E-state index contributed by atoms with van der Waals surface area (Å²) in [4.78, 5) is 15.0. The Labute approximate surface area is 168 Å². The number of piperidine rings is 1. The number of aromatic nitrogens is 1. The van der Waals surface area contributed by atoms with Crippen LogP contribution in [-0.2, 0) is 11.3 Å². The van der Waals surface area contributed by atoms with Crippen LogP contribution in [-0.4, -0.2) is 35.0 Å². The van der Waals surface area contributed by atoms with Crippen LogP contribution in [0.5, 0.6) is 0 Å². The van der Waals surface area contributed by atoms with E-state index in [-0.39, 0.29) is 5.91 Å². The summed E-state index contributed by atoms with van der Waals surface area (Å²) in [6.07, 6.45) is 1.22. The van der Waals surface area contributed by atoms with E-state index in [9.17, 15) is 10.1 Å². The molecule has 5 nitrogen and oxygen atoms in total. The van der Waals surface area contributed by atoms with Crippen molar-refractivity contribution in [2.45, 2.75) is 40.7 Å². The first-order chi connectivity index (χ1) is 13.4. The highest BCUT2D eigenvalue weighted by atomic mass is 16.2. The molecule has 1 amide bonds. The van der Waals surface area contributed by atoms with Gasteiger partial charge in [-0.2, -0.15) is 5.26 Å². The van der Waals surface area contributed by atoms with Crippen molar-refractivity contribution in [3.8, 4) is 6.07 Å². The molecule has 0 bridgehead atoms. The molecular formula is C23H30N4O. The Hall–Kier alpha value is -2.58. The lowest BCUT2D eigenvalue weighted by Gasteiger charge is -2.34. The first-order valence-electron chi connectivity index (χ1n) is 10.0. The Morgan fingerprint density at radius 3 is 2.43 bits per heavy atom. The highest BCUT2D eigenvalue weighted by Gasteiger charge is 2.25.